The first-order valence-corrected chi connectivity index (χ1v) is 7.55. The molecule has 1 aliphatic rings. The van der Waals surface area contributed by atoms with Gasteiger partial charge in [-0.1, -0.05) is 13.8 Å². The molecule has 5 heteroatoms. The van der Waals surface area contributed by atoms with Gasteiger partial charge in [-0.15, -0.1) is 0 Å². The highest BCUT2D eigenvalue weighted by Crippen LogP contribution is 2.38. The molecule has 0 unspecified atom stereocenters. The van der Waals surface area contributed by atoms with Crippen LogP contribution >= 0.6 is 0 Å². The van der Waals surface area contributed by atoms with Gasteiger partial charge in [0, 0.05) is 24.3 Å². The van der Waals surface area contributed by atoms with Gasteiger partial charge in [-0.3, -0.25) is 0 Å². The number of hydrogen-bond donors (Lipinski definition) is 1. The Morgan fingerprint density at radius 3 is 2.43 bits per heavy atom. The van der Waals surface area contributed by atoms with Crippen molar-refractivity contribution in [2.75, 3.05) is 32.6 Å². The molecular weight excluding hydrogens is 266 g/mol. The molecule has 0 amide bonds. The Kier molecular flexibility index (Phi) is 5.31. The Morgan fingerprint density at radius 1 is 1.14 bits per heavy atom. The molecule has 0 bridgehead atoms. The maximum absolute atomic E-state index is 5.48. The van der Waals surface area contributed by atoms with Crippen LogP contribution in [-0.2, 0) is 6.54 Å². The van der Waals surface area contributed by atoms with Crippen LogP contribution in [0.1, 0.15) is 32.3 Å². The summed E-state index contributed by atoms with van der Waals surface area (Å²) < 4.78 is 10.8. The molecule has 1 N–H and O–H groups in total. The normalized spacial score (nSPS) is 13.0. The molecule has 1 aliphatic heterocycles. The SMILES string of the molecule is CCCN(CCC)C1=NCc2c(ccc(OC)c2OC)N1. The topological polar surface area (TPSA) is 46.1 Å². The highest BCUT2D eigenvalue weighted by atomic mass is 16.5. The summed E-state index contributed by atoms with van der Waals surface area (Å²) >= 11 is 0. The van der Waals surface area contributed by atoms with Crippen molar-refractivity contribution in [3.63, 3.8) is 0 Å². The molecule has 1 aromatic carbocycles. The minimum atomic E-state index is 0.613. The van der Waals surface area contributed by atoms with Gasteiger partial charge in [0.15, 0.2) is 17.5 Å². The summed E-state index contributed by atoms with van der Waals surface area (Å²) in [5, 5.41) is 3.43. The Labute approximate surface area is 127 Å². The molecule has 0 fully saturated rings. The molecule has 0 aromatic heterocycles. The molecule has 1 aromatic rings. The monoisotopic (exact) mass is 291 g/mol. The van der Waals surface area contributed by atoms with Crippen molar-refractivity contribution >= 4 is 11.6 Å². The lowest BCUT2D eigenvalue weighted by Gasteiger charge is -2.30. The van der Waals surface area contributed by atoms with Gasteiger partial charge in [0.25, 0.3) is 0 Å². The summed E-state index contributed by atoms with van der Waals surface area (Å²) in [6.45, 7) is 7.02. The Bertz CT molecular complexity index is 508. The lowest BCUT2D eigenvalue weighted by Crippen LogP contribution is -2.39. The second-order valence-corrected chi connectivity index (χ2v) is 5.08. The van der Waals surface area contributed by atoms with Crippen molar-refractivity contribution < 1.29 is 9.47 Å². The van der Waals surface area contributed by atoms with Crippen LogP contribution < -0.4 is 14.8 Å². The van der Waals surface area contributed by atoms with Crippen LogP contribution in [0.5, 0.6) is 11.5 Å². The van der Waals surface area contributed by atoms with Crippen LogP contribution in [-0.4, -0.2) is 38.2 Å². The predicted octanol–water partition coefficient (Wildman–Crippen LogP) is 3.11. The zero-order valence-corrected chi connectivity index (χ0v) is 13.4. The molecule has 21 heavy (non-hydrogen) atoms. The van der Waals surface area contributed by atoms with Crippen molar-refractivity contribution in [1.29, 1.82) is 0 Å². The number of guanidine groups is 1. The van der Waals surface area contributed by atoms with Crippen molar-refractivity contribution in [3.05, 3.63) is 17.7 Å². The average Bonchev–Trinajstić information content (AvgIpc) is 2.52. The van der Waals surface area contributed by atoms with E-state index in [0.29, 0.717) is 6.54 Å². The van der Waals surface area contributed by atoms with Crippen LogP contribution in [0.25, 0.3) is 0 Å². The summed E-state index contributed by atoms with van der Waals surface area (Å²) in [6, 6.07) is 3.96. The standard InChI is InChI=1S/C16H25N3O2/c1-5-9-19(10-6-2)16-17-11-12-13(18-16)7-8-14(20-3)15(12)21-4/h7-8H,5-6,9-11H2,1-4H3,(H,17,18). The maximum Gasteiger partial charge on any atom is 0.198 e. The van der Waals surface area contributed by atoms with Gasteiger partial charge in [-0.2, -0.15) is 0 Å². The lowest BCUT2D eigenvalue weighted by atomic mass is 10.1. The number of anilines is 1. The van der Waals surface area contributed by atoms with Gasteiger partial charge in [0.05, 0.1) is 20.8 Å². The van der Waals surface area contributed by atoms with Crippen LogP contribution in [0, 0.1) is 0 Å². The van der Waals surface area contributed by atoms with E-state index in [4.69, 9.17) is 9.47 Å². The minimum absolute atomic E-state index is 0.613. The number of aliphatic imine (C=N–C) groups is 1. The number of nitrogens with zero attached hydrogens (tertiary/aromatic N) is 2. The summed E-state index contributed by atoms with van der Waals surface area (Å²) in [5.41, 5.74) is 2.10. The van der Waals surface area contributed by atoms with Gasteiger partial charge in [-0.25, -0.2) is 4.99 Å². The second-order valence-electron chi connectivity index (χ2n) is 5.08. The first-order valence-electron chi connectivity index (χ1n) is 7.55. The number of ether oxygens (including phenoxy) is 2. The average molecular weight is 291 g/mol. The summed E-state index contributed by atoms with van der Waals surface area (Å²) in [7, 11) is 3.32. The van der Waals surface area contributed by atoms with E-state index >= 15 is 0 Å². The van der Waals surface area contributed by atoms with Crippen molar-refractivity contribution in [3.8, 4) is 11.5 Å². The smallest absolute Gasteiger partial charge is 0.198 e. The summed E-state index contributed by atoms with van der Waals surface area (Å²) in [5.74, 6) is 2.47. The van der Waals surface area contributed by atoms with Crippen LogP contribution in [0.3, 0.4) is 0 Å². The third-order valence-corrected chi connectivity index (χ3v) is 3.57. The van der Waals surface area contributed by atoms with E-state index in [2.05, 4.69) is 29.1 Å². The van der Waals surface area contributed by atoms with Crippen molar-refractivity contribution in [2.45, 2.75) is 33.2 Å². The van der Waals surface area contributed by atoms with Crippen molar-refractivity contribution in [2.24, 2.45) is 4.99 Å². The van der Waals surface area contributed by atoms with Gasteiger partial charge in [-0.05, 0) is 25.0 Å². The van der Waals surface area contributed by atoms with Gasteiger partial charge in [0.2, 0.25) is 0 Å². The van der Waals surface area contributed by atoms with Gasteiger partial charge >= 0.3 is 0 Å². The summed E-state index contributed by atoms with van der Waals surface area (Å²) in [6.07, 6.45) is 2.22. The molecule has 0 spiro atoms. The molecular formula is C16H25N3O2. The highest BCUT2D eigenvalue weighted by molar-refractivity contribution is 5.96. The van der Waals surface area contributed by atoms with E-state index in [1.54, 1.807) is 14.2 Å². The number of hydrogen-bond acceptors (Lipinski definition) is 5. The molecule has 2 rings (SSSR count). The molecule has 0 radical (unpaired) electrons. The first kappa shape index (κ1) is 15.5. The molecule has 5 nitrogen and oxygen atoms in total. The number of benzene rings is 1. The van der Waals surface area contributed by atoms with E-state index in [-0.39, 0.29) is 0 Å². The van der Waals surface area contributed by atoms with E-state index in [9.17, 15) is 0 Å². The van der Waals surface area contributed by atoms with E-state index in [0.717, 1.165) is 54.6 Å². The predicted molar refractivity (Wildman–Crippen MR) is 86.5 cm³/mol. The minimum Gasteiger partial charge on any atom is -0.493 e. The van der Waals surface area contributed by atoms with Crippen LogP contribution in [0.2, 0.25) is 0 Å². The van der Waals surface area contributed by atoms with Crippen LogP contribution in [0.4, 0.5) is 5.69 Å². The number of methoxy groups -OCH3 is 2. The van der Waals surface area contributed by atoms with E-state index in [1.165, 1.54) is 0 Å². The fourth-order valence-electron chi connectivity index (χ4n) is 2.62. The van der Waals surface area contributed by atoms with Crippen molar-refractivity contribution in [1.82, 2.24) is 4.90 Å². The fourth-order valence-corrected chi connectivity index (χ4v) is 2.62. The first-order chi connectivity index (χ1) is 10.2. The zero-order valence-electron chi connectivity index (χ0n) is 13.4. The Hall–Kier alpha value is -1.91. The molecule has 0 atom stereocenters. The second kappa shape index (κ2) is 7.20. The zero-order chi connectivity index (χ0) is 15.2. The quantitative estimate of drug-likeness (QED) is 0.875. The number of rotatable bonds is 6. The Balaban J connectivity index is 2.25. The largest absolute Gasteiger partial charge is 0.493 e. The fraction of sp³-hybridized carbons (Fsp3) is 0.562. The molecule has 0 saturated heterocycles. The Morgan fingerprint density at radius 2 is 1.86 bits per heavy atom. The highest BCUT2D eigenvalue weighted by Gasteiger charge is 2.21. The lowest BCUT2D eigenvalue weighted by molar-refractivity contribution is 0.351. The molecule has 0 aliphatic carbocycles. The summed E-state index contributed by atoms with van der Waals surface area (Å²) in [4.78, 5) is 6.99. The molecule has 1 heterocycles. The van der Waals surface area contributed by atoms with Crippen LogP contribution in [0.15, 0.2) is 17.1 Å². The number of fused-ring (bicyclic) bond motifs is 1. The molecule has 116 valence electrons. The van der Waals surface area contributed by atoms with Gasteiger partial charge < -0.3 is 19.7 Å². The van der Waals surface area contributed by atoms with Gasteiger partial charge in [0.1, 0.15) is 0 Å². The third kappa shape index (κ3) is 3.23. The maximum atomic E-state index is 5.48. The van der Waals surface area contributed by atoms with E-state index in [1.807, 2.05) is 12.1 Å². The molecule has 0 saturated carbocycles. The third-order valence-electron chi connectivity index (χ3n) is 3.57. The van der Waals surface area contributed by atoms with E-state index < -0.39 is 0 Å². The number of nitrogens with one attached hydrogen (secondary N) is 1.